The van der Waals surface area contributed by atoms with Gasteiger partial charge in [0.15, 0.2) is 5.78 Å². The summed E-state index contributed by atoms with van der Waals surface area (Å²) in [7, 11) is -0.416. The maximum Gasteiger partial charge on any atom is 0.408 e. The van der Waals surface area contributed by atoms with Gasteiger partial charge in [0.25, 0.3) is 0 Å². The number of pyridine rings is 1. The fourth-order valence-electron chi connectivity index (χ4n) is 4.46. The number of sulfonamides is 1. The number of benzene rings is 1. The van der Waals surface area contributed by atoms with E-state index in [1.165, 1.54) is 13.1 Å². The van der Waals surface area contributed by atoms with Gasteiger partial charge in [0.1, 0.15) is 22.8 Å². The highest BCUT2D eigenvalue weighted by molar-refractivity contribution is 7.92. The van der Waals surface area contributed by atoms with Gasteiger partial charge < -0.3 is 20.3 Å². The first-order valence-electron chi connectivity index (χ1n) is 13.9. The van der Waals surface area contributed by atoms with Gasteiger partial charge in [0.05, 0.1) is 12.8 Å². The van der Waals surface area contributed by atoms with Gasteiger partial charge in [0.2, 0.25) is 15.9 Å². The molecule has 1 aromatic carbocycles. The van der Waals surface area contributed by atoms with E-state index in [0.717, 1.165) is 29.1 Å². The molecule has 0 aliphatic heterocycles. The fourth-order valence-corrected chi connectivity index (χ4v) is 4.89. The Kier molecular flexibility index (Phi) is 9.92. The Bertz CT molecular complexity index is 1410. The summed E-state index contributed by atoms with van der Waals surface area (Å²) in [4.78, 5) is 46.0. The van der Waals surface area contributed by atoms with Gasteiger partial charge in [-0.15, -0.1) is 0 Å². The highest BCUT2D eigenvalue weighted by atomic mass is 32.2. The molecule has 12 heteroatoms. The van der Waals surface area contributed by atoms with Crippen LogP contribution in [0.1, 0.15) is 57.0 Å². The van der Waals surface area contributed by atoms with E-state index < -0.39 is 38.9 Å². The minimum absolute atomic E-state index is 0.0980. The average Bonchev–Trinajstić information content (AvgIpc) is 3.58. The van der Waals surface area contributed by atoms with Gasteiger partial charge in [-0.2, -0.15) is 0 Å². The topological polar surface area (TPSA) is 138 Å². The Morgan fingerprint density at radius 1 is 1.05 bits per heavy atom. The van der Waals surface area contributed by atoms with E-state index in [0.29, 0.717) is 17.7 Å². The van der Waals surface area contributed by atoms with E-state index in [1.807, 2.05) is 42.3 Å². The quantitative estimate of drug-likeness (QED) is 0.353. The number of nitrogens with one attached hydrogen (secondary N) is 2. The van der Waals surface area contributed by atoms with Gasteiger partial charge in [-0.1, -0.05) is 37.3 Å². The highest BCUT2D eigenvalue weighted by Gasteiger charge is 2.37. The molecule has 2 N–H and O–H groups in total. The first kappa shape index (κ1) is 32.8. The molecule has 0 bridgehead atoms. The molecule has 11 nitrogen and oxygen atoms in total. The summed E-state index contributed by atoms with van der Waals surface area (Å²) >= 11 is 0. The van der Waals surface area contributed by atoms with Gasteiger partial charge in [-0.3, -0.25) is 13.9 Å². The summed E-state index contributed by atoms with van der Waals surface area (Å²) in [5.74, 6) is 0.644. The van der Waals surface area contributed by atoms with Crippen molar-refractivity contribution in [3.63, 3.8) is 0 Å². The molecule has 3 atom stereocenters. The van der Waals surface area contributed by atoms with Crippen LogP contribution in [0, 0.1) is 11.8 Å². The van der Waals surface area contributed by atoms with Gasteiger partial charge in [-0.05, 0) is 63.6 Å². The fraction of sp³-hybridized carbons (Fsp3) is 0.533. The van der Waals surface area contributed by atoms with Crippen LogP contribution in [0.2, 0.25) is 0 Å². The lowest BCUT2D eigenvalue weighted by Gasteiger charge is -2.31. The number of alkyl carbamates (subject to hydrolysis) is 1. The van der Waals surface area contributed by atoms with Crippen molar-refractivity contribution in [1.29, 1.82) is 0 Å². The van der Waals surface area contributed by atoms with Crippen LogP contribution in [0.25, 0.3) is 0 Å². The second-order valence-electron chi connectivity index (χ2n) is 12.4. The molecule has 1 aliphatic rings. The van der Waals surface area contributed by atoms with Crippen molar-refractivity contribution >= 4 is 39.4 Å². The highest BCUT2D eigenvalue weighted by Crippen LogP contribution is 2.38. The third-order valence-corrected chi connectivity index (χ3v) is 8.39. The number of carbonyl (C=O) groups is 3. The largest absolute Gasteiger partial charge is 0.444 e. The molecule has 0 saturated heterocycles. The minimum atomic E-state index is -3.64. The van der Waals surface area contributed by atoms with Crippen LogP contribution >= 0.6 is 0 Å². The minimum Gasteiger partial charge on any atom is -0.444 e. The Morgan fingerprint density at radius 3 is 2.19 bits per heavy atom. The van der Waals surface area contributed by atoms with Crippen LogP contribution in [0.3, 0.4) is 0 Å². The van der Waals surface area contributed by atoms with E-state index in [4.69, 9.17) is 4.74 Å². The number of hydrogen-bond acceptors (Lipinski definition) is 8. The molecule has 42 heavy (non-hydrogen) atoms. The average molecular weight is 602 g/mol. The summed E-state index contributed by atoms with van der Waals surface area (Å²) < 4.78 is 30.9. The van der Waals surface area contributed by atoms with E-state index in [-0.39, 0.29) is 24.3 Å². The molecule has 0 radical (unpaired) electrons. The van der Waals surface area contributed by atoms with Crippen molar-refractivity contribution in [2.24, 2.45) is 11.8 Å². The van der Waals surface area contributed by atoms with Gasteiger partial charge in [-0.25, -0.2) is 18.2 Å². The molecule has 1 aromatic heterocycles. The number of Topliss-reactive ketones (excluding diaryl/α,β-unsaturated/α-hetero) is 1. The number of anilines is 2. The standard InChI is InChI=1S/C30H43N5O6S/c1-20-14-23(20)19-34(6)25-15-22(16-26(32-25)35(7)42(8,39)40)24(36)18-31-27(37)30(5,17-21-12-10-9-11-13-21)33-28(38)41-29(2,3)4/h9-13,15-16,20,23H,14,17-19H2,1-8H3,(H,31,37)(H,33,38)/t20?,23?,30-/m1/s1. The summed E-state index contributed by atoms with van der Waals surface area (Å²) in [6.07, 6.45) is 1.55. The molecule has 1 fully saturated rings. The maximum absolute atomic E-state index is 13.5. The monoisotopic (exact) mass is 601 g/mol. The molecule has 2 amide bonds. The van der Waals surface area contributed by atoms with Crippen molar-refractivity contribution < 1.29 is 27.5 Å². The Labute approximate surface area is 249 Å². The van der Waals surface area contributed by atoms with Crippen LogP contribution in [0.15, 0.2) is 42.5 Å². The molecular weight excluding hydrogens is 558 g/mol. The molecule has 1 heterocycles. The van der Waals surface area contributed by atoms with Crippen molar-refractivity contribution in [1.82, 2.24) is 15.6 Å². The Morgan fingerprint density at radius 2 is 1.64 bits per heavy atom. The first-order chi connectivity index (χ1) is 19.4. The van der Waals surface area contributed by atoms with E-state index in [1.54, 1.807) is 33.8 Å². The Hall–Kier alpha value is -3.67. The number of carbonyl (C=O) groups excluding carboxylic acids is 3. The van der Waals surface area contributed by atoms with Crippen LogP contribution in [-0.2, 0) is 26.0 Å². The molecule has 1 aliphatic carbocycles. The predicted octanol–water partition coefficient (Wildman–Crippen LogP) is 3.39. The summed E-state index contributed by atoms with van der Waals surface area (Å²) in [6.45, 7) is 9.25. The molecule has 1 saturated carbocycles. The zero-order valence-electron chi connectivity index (χ0n) is 25.7. The first-order valence-corrected chi connectivity index (χ1v) is 15.8. The second-order valence-corrected chi connectivity index (χ2v) is 14.4. The van der Waals surface area contributed by atoms with E-state index in [9.17, 15) is 22.8 Å². The zero-order valence-corrected chi connectivity index (χ0v) is 26.5. The smallest absolute Gasteiger partial charge is 0.408 e. The lowest BCUT2D eigenvalue weighted by molar-refractivity contribution is -0.126. The zero-order chi connectivity index (χ0) is 31.5. The second kappa shape index (κ2) is 12.7. The lowest BCUT2D eigenvalue weighted by atomic mass is 9.91. The molecular formula is C30H43N5O6S. The van der Waals surface area contributed by atoms with Crippen LogP contribution in [0.4, 0.5) is 16.4 Å². The summed E-state index contributed by atoms with van der Waals surface area (Å²) in [5.41, 5.74) is -1.20. The normalized spacial score (nSPS) is 17.9. The third kappa shape index (κ3) is 9.17. The van der Waals surface area contributed by atoms with Crippen LogP contribution < -0.4 is 19.8 Å². The number of ketones is 1. The van der Waals surface area contributed by atoms with E-state index >= 15 is 0 Å². The summed E-state index contributed by atoms with van der Waals surface area (Å²) in [6, 6.07) is 12.2. The number of rotatable bonds is 12. The predicted molar refractivity (Wildman–Crippen MR) is 163 cm³/mol. The van der Waals surface area contributed by atoms with Gasteiger partial charge >= 0.3 is 6.09 Å². The van der Waals surface area contributed by atoms with Crippen LogP contribution in [0.5, 0.6) is 0 Å². The van der Waals surface area contributed by atoms with Gasteiger partial charge in [0, 0.05) is 32.6 Å². The number of nitrogens with zero attached hydrogens (tertiary/aromatic N) is 3. The van der Waals surface area contributed by atoms with Crippen molar-refractivity contribution in [2.45, 2.75) is 58.6 Å². The SMILES string of the molecule is CC1CC1CN(C)c1cc(C(=O)CNC(=O)[C@@](C)(Cc2ccccc2)NC(=O)OC(C)(C)C)cc(N(C)S(C)(=O)=O)n1. The number of amides is 2. The number of ether oxygens (including phenoxy) is 1. The van der Waals surface area contributed by atoms with E-state index in [2.05, 4.69) is 22.5 Å². The summed E-state index contributed by atoms with van der Waals surface area (Å²) in [5, 5.41) is 5.34. The molecule has 2 aromatic rings. The van der Waals surface area contributed by atoms with Crippen molar-refractivity contribution in [3.8, 4) is 0 Å². The van der Waals surface area contributed by atoms with Crippen LogP contribution in [-0.4, -0.2) is 75.8 Å². The molecule has 3 rings (SSSR count). The maximum atomic E-state index is 13.5. The molecule has 2 unspecified atom stereocenters. The lowest BCUT2D eigenvalue weighted by Crippen LogP contribution is -2.59. The van der Waals surface area contributed by atoms with Crippen molar-refractivity contribution in [2.75, 3.05) is 42.6 Å². The Balaban J connectivity index is 1.83. The van der Waals surface area contributed by atoms with Crippen molar-refractivity contribution in [3.05, 3.63) is 53.6 Å². The molecule has 230 valence electrons. The number of hydrogen-bond donors (Lipinski definition) is 2. The number of aromatic nitrogens is 1. The third-order valence-electron chi connectivity index (χ3n) is 7.20. The molecule has 0 spiro atoms.